The molecule has 2 amide bonds. The number of nitro groups is 1. The Balaban J connectivity index is 1.85. The van der Waals surface area contributed by atoms with Crippen molar-refractivity contribution in [3.8, 4) is 5.75 Å². The Morgan fingerprint density at radius 3 is 2.24 bits per heavy atom. The number of ether oxygens (including phenoxy) is 1. The van der Waals surface area contributed by atoms with E-state index in [1.807, 2.05) is 68.4 Å². The summed E-state index contributed by atoms with van der Waals surface area (Å²) in [6, 6.07) is 25.1. The third-order valence-corrected chi connectivity index (χ3v) is 10.4. The summed E-state index contributed by atoms with van der Waals surface area (Å²) in [5, 5.41) is 14.8. The first-order valence-electron chi connectivity index (χ1n) is 15.6. The molecule has 0 aliphatic carbocycles. The normalized spacial score (nSPS) is 12.4. The van der Waals surface area contributed by atoms with Crippen LogP contribution in [0.4, 0.5) is 11.4 Å². The summed E-state index contributed by atoms with van der Waals surface area (Å²) in [5.41, 5.74) is 1.56. The highest BCUT2D eigenvalue weighted by Crippen LogP contribution is 2.30. The van der Waals surface area contributed by atoms with E-state index in [0.29, 0.717) is 17.7 Å². The van der Waals surface area contributed by atoms with E-state index < -0.39 is 33.4 Å². The summed E-state index contributed by atoms with van der Waals surface area (Å²) in [6.07, 6.45) is 0.831. The van der Waals surface area contributed by atoms with E-state index in [0.717, 1.165) is 20.4 Å². The van der Waals surface area contributed by atoms with Crippen molar-refractivity contribution in [1.29, 1.82) is 0 Å². The van der Waals surface area contributed by atoms with E-state index in [9.17, 15) is 28.1 Å². The van der Waals surface area contributed by atoms with Crippen LogP contribution in [0.5, 0.6) is 5.75 Å². The molecule has 4 aromatic rings. The predicted octanol–water partition coefficient (Wildman–Crippen LogP) is 6.42. The number of carbonyl (C=O) groups excluding carboxylic acids is 2. The van der Waals surface area contributed by atoms with Crippen molar-refractivity contribution in [3.63, 3.8) is 0 Å². The zero-order valence-corrected chi connectivity index (χ0v) is 30.1. The van der Waals surface area contributed by atoms with Crippen LogP contribution in [0.15, 0.2) is 106 Å². The van der Waals surface area contributed by atoms with Crippen molar-refractivity contribution in [2.45, 2.75) is 57.1 Å². The summed E-state index contributed by atoms with van der Waals surface area (Å²) in [5.74, 6) is -0.574. The molecule has 13 heteroatoms. The molecule has 0 radical (unpaired) electrons. The van der Waals surface area contributed by atoms with Crippen molar-refractivity contribution in [2.24, 2.45) is 0 Å². The molecule has 11 nitrogen and oxygen atoms in total. The van der Waals surface area contributed by atoms with Gasteiger partial charge in [0.25, 0.3) is 15.7 Å². The number of halogens is 1. The summed E-state index contributed by atoms with van der Waals surface area (Å²) < 4.78 is 35.6. The molecule has 49 heavy (non-hydrogen) atoms. The van der Waals surface area contributed by atoms with Gasteiger partial charge in [-0.15, -0.1) is 0 Å². The van der Waals surface area contributed by atoms with Crippen molar-refractivity contribution in [2.75, 3.05) is 18.0 Å². The highest BCUT2D eigenvalue weighted by atomic mass is 79.9. The summed E-state index contributed by atoms with van der Waals surface area (Å²) in [6.45, 7) is 4.62. The van der Waals surface area contributed by atoms with Gasteiger partial charge >= 0.3 is 0 Å². The number of hydrogen-bond acceptors (Lipinski definition) is 7. The smallest absolute Gasteiger partial charge is 0.273 e. The molecule has 0 heterocycles. The van der Waals surface area contributed by atoms with Gasteiger partial charge in [-0.25, -0.2) is 8.42 Å². The van der Waals surface area contributed by atoms with E-state index in [-0.39, 0.29) is 46.7 Å². The zero-order valence-electron chi connectivity index (χ0n) is 27.7. The van der Waals surface area contributed by atoms with Gasteiger partial charge in [0.15, 0.2) is 0 Å². The Kier molecular flexibility index (Phi) is 12.5. The maximum atomic E-state index is 14.6. The lowest BCUT2D eigenvalue weighted by Crippen LogP contribution is -2.54. The van der Waals surface area contributed by atoms with Gasteiger partial charge in [0.05, 0.1) is 22.6 Å². The van der Waals surface area contributed by atoms with Crippen LogP contribution in [0.2, 0.25) is 0 Å². The van der Waals surface area contributed by atoms with Gasteiger partial charge < -0.3 is 15.0 Å². The first-order chi connectivity index (χ1) is 23.3. The van der Waals surface area contributed by atoms with Crippen LogP contribution in [0.1, 0.15) is 37.0 Å². The van der Waals surface area contributed by atoms with Gasteiger partial charge in [0.2, 0.25) is 11.8 Å². The molecule has 0 unspecified atom stereocenters. The minimum Gasteiger partial charge on any atom is -0.497 e. The van der Waals surface area contributed by atoms with E-state index in [2.05, 4.69) is 21.2 Å². The minimum absolute atomic E-state index is 0.00377. The van der Waals surface area contributed by atoms with Crippen LogP contribution in [-0.2, 0) is 32.6 Å². The molecule has 0 saturated heterocycles. The van der Waals surface area contributed by atoms with E-state index in [1.165, 1.54) is 43.2 Å². The third kappa shape index (κ3) is 9.45. The Hall–Kier alpha value is -4.75. The molecule has 0 spiro atoms. The Morgan fingerprint density at radius 2 is 1.63 bits per heavy atom. The van der Waals surface area contributed by atoms with Gasteiger partial charge in [-0.2, -0.15) is 0 Å². The molecule has 0 aliphatic rings. The zero-order chi connectivity index (χ0) is 35.7. The number of anilines is 1. The second-order valence-electron chi connectivity index (χ2n) is 11.6. The van der Waals surface area contributed by atoms with Gasteiger partial charge in [-0.3, -0.25) is 24.0 Å². The fourth-order valence-electron chi connectivity index (χ4n) is 5.18. The molecule has 4 rings (SSSR count). The Morgan fingerprint density at radius 1 is 0.959 bits per heavy atom. The number of sulfonamides is 1. The molecule has 0 saturated carbocycles. The number of rotatable bonds is 15. The molecule has 2 atom stereocenters. The number of aryl methyl sites for hydroxylation is 1. The lowest BCUT2D eigenvalue weighted by atomic mass is 10.0. The summed E-state index contributed by atoms with van der Waals surface area (Å²) in [4.78, 5) is 40.7. The molecule has 258 valence electrons. The van der Waals surface area contributed by atoms with Crippen LogP contribution >= 0.6 is 15.9 Å². The average Bonchev–Trinajstić information content (AvgIpc) is 3.09. The topological polar surface area (TPSA) is 139 Å². The number of nitrogens with one attached hydrogen (secondary N) is 1. The third-order valence-electron chi connectivity index (χ3n) is 8.12. The number of methoxy groups -OCH3 is 1. The first-order valence-corrected chi connectivity index (χ1v) is 17.9. The first kappa shape index (κ1) is 37.1. The van der Waals surface area contributed by atoms with Crippen LogP contribution in [-0.4, -0.2) is 55.8 Å². The lowest BCUT2D eigenvalue weighted by Gasteiger charge is -2.34. The van der Waals surface area contributed by atoms with E-state index >= 15 is 0 Å². The van der Waals surface area contributed by atoms with E-state index in [1.54, 1.807) is 12.1 Å². The number of hydrogen-bond donors (Lipinski definition) is 1. The minimum atomic E-state index is -4.55. The monoisotopic (exact) mass is 750 g/mol. The quantitative estimate of drug-likeness (QED) is 0.109. The fraction of sp³-hybridized carbons (Fsp3) is 0.278. The fourth-order valence-corrected chi connectivity index (χ4v) is 7.06. The van der Waals surface area contributed by atoms with Crippen LogP contribution < -0.4 is 14.4 Å². The number of nitro benzene ring substituents is 1. The van der Waals surface area contributed by atoms with E-state index in [4.69, 9.17) is 4.74 Å². The molecule has 0 aliphatic heterocycles. The number of carbonyl (C=O) groups is 2. The molecule has 4 aromatic carbocycles. The highest BCUT2D eigenvalue weighted by molar-refractivity contribution is 9.10. The van der Waals surface area contributed by atoms with Crippen molar-refractivity contribution >= 4 is 49.1 Å². The second kappa shape index (κ2) is 16.6. The molecule has 0 bridgehead atoms. The maximum absolute atomic E-state index is 14.6. The second-order valence-corrected chi connectivity index (χ2v) is 14.4. The standard InChI is InChI=1S/C36H39BrN4O7S/c1-5-26(3)38-36(43)34(21-27-10-7-6-8-11-27)39(23-28-12-9-13-29(37)20-28)35(42)24-40(30-15-17-31(48-4)18-16-30)49(46,47)32-19-14-25(2)33(22-32)41(44)45/h6-20,22,26,34H,5,21,23-24H2,1-4H3,(H,38,43)/t26-,34+/m1/s1. The molecular weight excluding hydrogens is 712 g/mol. The van der Waals surface area contributed by atoms with Gasteiger partial charge in [-0.1, -0.05) is 71.4 Å². The number of benzene rings is 4. The number of amides is 2. The van der Waals surface area contributed by atoms with Gasteiger partial charge in [0.1, 0.15) is 18.3 Å². The van der Waals surface area contributed by atoms with Gasteiger partial charge in [0, 0.05) is 35.1 Å². The van der Waals surface area contributed by atoms with Crippen molar-refractivity contribution < 1.29 is 27.7 Å². The SMILES string of the molecule is CC[C@@H](C)NC(=O)[C@H](Cc1ccccc1)N(Cc1cccc(Br)c1)C(=O)CN(c1ccc(OC)cc1)S(=O)(=O)c1ccc(C)c([N+](=O)[O-])c1. The molecule has 0 aromatic heterocycles. The maximum Gasteiger partial charge on any atom is 0.273 e. The van der Waals surface area contributed by atoms with Crippen LogP contribution in [0.25, 0.3) is 0 Å². The average molecular weight is 752 g/mol. The molecule has 0 fully saturated rings. The van der Waals surface area contributed by atoms with Crippen molar-refractivity contribution in [3.05, 3.63) is 128 Å². The Bertz CT molecular complexity index is 1890. The highest BCUT2D eigenvalue weighted by Gasteiger charge is 2.35. The van der Waals surface area contributed by atoms with Crippen LogP contribution in [0, 0.1) is 17.0 Å². The molecule has 1 N–H and O–H groups in total. The Labute approximate surface area is 295 Å². The van der Waals surface area contributed by atoms with Crippen molar-refractivity contribution in [1.82, 2.24) is 10.2 Å². The molecular formula is C36H39BrN4O7S. The lowest BCUT2D eigenvalue weighted by molar-refractivity contribution is -0.385. The summed E-state index contributed by atoms with van der Waals surface area (Å²) >= 11 is 3.48. The van der Waals surface area contributed by atoms with Gasteiger partial charge in [-0.05, 0) is 73.9 Å². The summed E-state index contributed by atoms with van der Waals surface area (Å²) in [7, 11) is -3.08. The number of nitrogens with zero attached hydrogens (tertiary/aromatic N) is 3. The van der Waals surface area contributed by atoms with Crippen LogP contribution in [0.3, 0.4) is 0 Å². The predicted molar refractivity (Wildman–Crippen MR) is 192 cm³/mol. The largest absolute Gasteiger partial charge is 0.497 e.